The van der Waals surface area contributed by atoms with Crippen molar-refractivity contribution in [2.45, 2.75) is 25.9 Å². The summed E-state index contributed by atoms with van der Waals surface area (Å²) in [4.78, 5) is 25.2. The molecule has 8 nitrogen and oxygen atoms in total. The third-order valence-corrected chi connectivity index (χ3v) is 6.27. The van der Waals surface area contributed by atoms with Crippen molar-refractivity contribution in [3.63, 3.8) is 0 Å². The van der Waals surface area contributed by atoms with Crippen LogP contribution in [-0.4, -0.2) is 75.4 Å². The van der Waals surface area contributed by atoms with Crippen LogP contribution in [0.2, 0.25) is 0 Å². The molecule has 0 aromatic carbocycles. The monoisotopic (exact) mass is 402 g/mol. The zero-order chi connectivity index (χ0) is 19.7. The van der Waals surface area contributed by atoms with Crippen molar-refractivity contribution in [1.82, 2.24) is 29.2 Å². The zero-order valence-corrected chi connectivity index (χ0v) is 17.4. The van der Waals surface area contributed by atoms with Gasteiger partial charge >= 0.3 is 0 Å². The van der Waals surface area contributed by atoms with Crippen LogP contribution in [0.3, 0.4) is 0 Å². The van der Waals surface area contributed by atoms with Crippen molar-refractivity contribution < 1.29 is 9.32 Å². The van der Waals surface area contributed by atoms with Crippen molar-refractivity contribution in [1.29, 1.82) is 0 Å². The van der Waals surface area contributed by atoms with Gasteiger partial charge in [0, 0.05) is 43.8 Å². The van der Waals surface area contributed by atoms with Gasteiger partial charge in [0.25, 0.3) is 5.91 Å². The van der Waals surface area contributed by atoms with Gasteiger partial charge in [0.2, 0.25) is 0 Å². The number of rotatable bonds is 5. The first-order chi connectivity index (χ1) is 13.5. The first kappa shape index (κ1) is 19.1. The highest BCUT2D eigenvalue weighted by Crippen LogP contribution is 2.24. The quantitative estimate of drug-likeness (QED) is 0.653. The summed E-state index contributed by atoms with van der Waals surface area (Å²) in [6.07, 6.45) is 4.56. The molecule has 1 saturated heterocycles. The van der Waals surface area contributed by atoms with E-state index in [1.807, 2.05) is 34.0 Å². The molecule has 9 heteroatoms. The van der Waals surface area contributed by atoms with E-state index in [9.17, 15) is 4.79 Å². The van der Waals surface area contributed by atoms with E-state index >= 15 is 0 Å². The van der Waals surface area contributed by atoms with Crippen LogP contribution in [0.1, 0.15) is 41.3 Å². The third kappa shape index (κ3) is 3.69. The van der Waals surface area contributed by atoms with Crippen LogP contribution < -0.4 is 0 Å². The largest absolute Gasteiger partial charge is 0.364 e. The van der Waals surface area contributed by atoms with Gasteiger partial charge in [0.05, 0.1) is 11.7 Å². The Morgan fingerprint density at radius 2 is 2.21 bits per heavy atom. The third-order valence-electron chi connectivity index (χ3n) is 5.52. The molecule has 28 heavy (non-hydrogen) atoms. The molecule has 0 aliphatic carbocycles. The second-order valence-electron chi connectivity index (χ2n) is 7.43. The Morgan fingerprint density at radius 1 is 1.36 bits per heavy atom. The lowest BCUT2D eigenvalue weighted by molar-refractivity contribution is 0.0754. The lowest BCUT2D eigenvalue weighted by atomic mass is 10.2. The Bertz CT molecular complexity index is 934. The predicted molar refractivity (Wildman–Crippen MR) is 107 cm³/mol. The van der Waals surface area contributed by atoms with Crippen LogP contribution in [-0.2, 0) is 6.54 Å². The molecule has 0 radical (unpaired) electrons. The maximum Gasteiger partial charge on any atom is 0.274 e. The van der Waals surface area contributed by atoms with Gasteiger partial charge in [-0.05, 0) is 34.0 Å². The van der Waals surface area contributed by atoms with Gasteiger partial charge < -0.3 is 14.3 Å². The van der Waals surface area contributed by atoms with Gasteiger partial charge in [-0.2, -0.15) is 0 Å². The average molecular weight is 403 g/mol. The fraction of sp³-hybridized carbons (Fsp3) is 0.526. The lowest BCUT2D eigenvalue weighted by Crippen LogP contribution is -2.35. The summed E-state index contributed by atoms with van der Waals surface area (Å²) in [5.41, 5.74) is 2.37. The van der Waals surface area contributed by atoms with Crippen LogP contribution in [0.4, 0.5) is 0 Å². The summed E-state index contributed by atoms with van der Waals surface area (Å²) in [5, 5.41) is 6.05. The van der Waals surface area contributed by atoms with Crippen LogP contribution in [0, 0.1) is 0 Å². The van der Waals surface area contributed by atoms with Crippen molar-refractivity contribution in [3.8, 4) is 0 Å². The molecular weight excluding hydrogens is 376 g/mol. The number of likely N-dealkylation sites (N-methyl/N-ethyl adjacent to an activating group) is 1. The van der Waals surface area contributed by atoms with Gasteiger partial charge in [0.15, 0.2) is 10.7 Å². The Hall–Kier alpha value is -2.23. The molecule has 1 fully saturated rings. The van der Waals surface area contributed by atoms with E-state index in [0.717, 1.165) is 48.9 Å². The average Bonchev–Trinajstić information content (AvgIpc) is 3.39. The Kier molecular flexibility index (Phi) is 5.47. The number of thiazole rings is 1. The number of hydrogen-bond donors (Lipinski definition) is 0. The topological polar surface area (TPSA) is 70.1 Å². The number of aromatic nitrogens is 3. The van der Waals surface area contributed by atoms with E-state index in [2.05, 4.69) is 33.9 Å². The summed E-state index contributed by atoms with van der Waals surface area (Å²) < 4.78 is 7.02. The molecule has 0 bridgehead atoms. The van der Waals surface area contributed by atoms with Crippen LogP contribution in [0.25, 0.3) is 4.96 Å². The highest BCUT2D eigenvalue weighted by atomic mass is 32.1. The van der Waals surface area contributed by atoms with E-state index in [1.165, 1.54) is 0 Å². The molecule has 4 heterocycles. The van der Waals surface area contributed by atoms with E-state index in [1.54, 1.807) is 17.6 Å². The van der Waals surface area contributed by atoms with Crippen molar-refractivity contribution in [3.05, 3.63) is 41.0 Å². The molecule has 0 spiro atoms. The van der Waals surface area contributed by atoms with Crippen LogP contribution >= 0.6 is 11.3 Å². The highest BCUT2D eigenvalue weighted by Gasteiger charge is 2.27. The van der Waals surface area contributed by atoms with E-state index in [-0.39, 0.29) is 11.9 Å². The molecule has 4 rings (SSSR count). The molecular formula is C19H26N6O2S. The van der Waals surface area contributed by atoms with Gasteiger partial charge in [-0.1, -0.05) is 5.16 Å². The summed E-state index contributed by atoms with van der Waals surface area (Å²) in [6.45, 7) is 6.11. The molecule has 3 aromatic rings. The molecule has 0 saturated carbocycles. The van der Waals surface area contributed by atoms with E-state index in [4.69, 9.17) is 4.52 Å². The first-order valence-corrected chi connectivity index (χ1v) is 10.5. The van der Waals surface area contributed by atoms with Crippen LogP contribution in [0.5, 0.6) is 0 Å². The Morgan fingerprint density at radius 3 is 3.00 bits per heavy atom. The molecule has 0 N–H and O–H groups in total. The molecule has 1 amide bonds. The number of imidazole rings is 1. The molecule has 3 aromatic heterocycles. The van der Waals surface area contributed by atoms with Gasteiger partial charge in [-0.3, -0.25) is 14.1 Å². The fourth-order valence-electron chi connectivity index (χ4n) is 3.59. The molecule has 150 valence electrons. The minimum atomic E-state index is 0.0312. The van der Waals surface area contributed by atoms with E-state index < -0.39 is 0 Å². The van der Waals surface area contributed by atoms with Crippen molar-refractivity contribution in [2.75, 3.05) is 40.3 Å². The maximum atomic E-state index is 13.3. The van der Waals surface area contributed by atoms with Crippen molar-refractivity contribution in [2.24, 2.45) is 0 Å². The molecule has 1 aliphatic heterocycles. The second-order valence-corrected chi connectivity index (χ2v) is 8.30. The number of nitrogens with zero attached hydrogens (tertiary/aromatic N) is 6. The number of fused-ring (bicyclic) bond motifs is 1. The van der Waals surface area contributed by atoms with Crippen LogP contribution in [0.15, 0.2) is 28.4 Å². The standard InChI is InChI=1S/C19H26N6O2S/c1-14(15-5-11-27-21-15)23(3)13-16-17(20-19-25(16)10-12-28-19)18(26)24-7-4-6-22(2)8-9-24/h5,10-12,14H,4,6-9,13H2,1-3H3. The summed E-state index contributed by atoms with van der Waals surface area (Å²) in [6, 6.07) is 1.94. The number of carbonyl (C=O) groups excluding carboxylic acids is 1. The summed E-state index contributed by atoms with van der Waals surface area (Å²) >= 11 is 1.55. The van der Waals surface area contributed by atoms with E-state index in [0.29, 0.717) is 12.2 Å². The van der Waals surface area contributed by atoms with Gasteiger partial charge in [0.1, 0.15) is 12.0 Å². The number of amides is 1. The highest BCUT2D eigenvalue weighted by molar-refractivity contribution is 7.15. The maximum absolute atomic E-state index is 13.3. The summed E-state index contributed by atoms with van der Waals surface area (Å²) in [5.74, 6) is 0.0312. The normalized spacial score (nSPS) is 17.4. The minimum Gasteiger partial charge on any atom is -0.364 e. The SMILES string of the molecule is CC(c1ccon1)N(C)Cc1c(C(=O)N2CCCN(C)CC2)nc2sccn12. The van der Waals surface area contributed by atoms with Gasteiger partial charge in [-0.15, -0.1) is 11.3 Å². The number of carbonyl (C=O) groups is 1. The first-order valence-electron chi connectivity index (χ1n) is 9.57. The molecule has 1 aliphatic rings. The Labute approximate surface area is 168 Å². The minimum absolute atomic E-state index is 0.0312. The zero-order valence-electron chi connectivity index (χ0n) is 16.5. The molecule has 1 atom stereocenters. The molecule has 1 unspecified atom stereocenters. The smallest absolute Gasteiger partial charge is 0.274 e. The van der Waals surface area contributed by atoms with Gasteiger partial charge in [-0.25, -0.2) is 4.98 Å². The lowest BCUT2D eigenvalue weighted by Gasteiger charge is -2.24. The summed E-state index contributed by atoms with van der Waals surface area (Å²) in [7, 11) is 4.13. The van der Waals surface area contributed by atoms with Crippen molar-refractivity contribution >= 4 is 22.2 Å². The predicted octanol–water partition coefficient (Wildman–Crippen LogP) is 2.35. The number of hydrogen-bond acceptors (Lipinski definition) is 7. The fourth-order valence-corrected chi connectivity index (χ4v) is 4.32. The second kappa shape index (κ2) is 8.02. The Balaban J connectivity index is 1.60.